The van der Waals surface area contributed by atoms with Crippen LogP contribution in [-0.4, -0.2) is 40.4 Å². The highest BCUT2D eigenvalue weighted by Gasteiger charge is 2.34. The van der Waals surface area contributed by atoms with Crippen LogP contribution in [0.2, 0.25) is 0 Å². The average molecular weight is 324 g/mol. The number of amides is 2. The Morgan fingerprint density at radius 1 is 1.41 bits per heavy atom. The highest BCUT2D eigenvalue weighted by molar-refractivity contribution is 7.99. The summed E-state index contributed by atoms with van der Waals surface area (Å²) in [5.74, 6) is 2.09. The third kappa shape index (κ3) is 4.51. The van der Waals surface area contributed by atoms with E-state index in [9.17, 15) is 9.59 Å². The van der Waals surface area contributed by atoms with Gasteiger partial charge in [0, 0.05) is 17.9 Å². The minimum Gasteiger partial charge on any atom is -0.352 e. The second-order valence-corrected chi connectivity index (χ2v) is 7.63. The van der Waals surface area contributed by atoms with Gasteiger partial charge in [-0.25, -0.2) is 0 Å². The van der Waals surface area contributed by atoms with Gasteiger partial charge in [-0.2, -0.15) is 0 Å². The van der Waals surface area contributed by atoms with E-state index in [2.05, 4.69) is 12.2 Å². The van der Waals surface area contributed by atoms with E-state index in [1.165, 1.54) is 18.4 Å². The van der Waals surface area contributed by atoms with Crippen LogP contribution in [-0.2, 0) is 9.59 Å². The smallest absolute Gasteiger partial charge is 0.247 e. The molecule has 4 nitrogen and oxygen atoms in total. The minimum absolute atomic E-state index is 0.0108. The van der Waals surface area contributed by atoms with E-state index in [4.69, 9.17) is 0 Å². The molecule has 0 aromatic heterocycles. The summed E-state index contributed by atoms with van der Waals surface area (Å²) in [5.41, 5.74) is 1.25. The lowest BCUT2D eigenvalue weighted by molar-refractivity contribution is -0.135. The largest absolute Gasteiger partial charge is 0.352 e. The molecule has 1 aliphatic carbocycles. The maximum atomic E-state index is 12.5. The lowest BCUT2D eigenvalue weighted by atomic mass is 9.87. The standard InChI is InChI=1S/C17H28N2O2S/c1-4-13(3)18-17(21)15-10-22-11-19(15)16(20)9-14-7-5-12(2)6-8-14/h9,12-13,15H,4-8,10-11H2,1-3H3,(H,18,21)/t12?,13-,15+/m1/s1. The maximum absolute atomic E-state index is 12.5. The number of nitrogens with one attached hydrogen (secondary N) is 1. The summed E-state index contributed by atoms with van der Waals surface area (Å²) in [5, 5.41) is 3.00. The summed E-state index contributed by atoms with van der Waals surface area (Å²) in [7, 11) is 0. The normalized spacial score (nSPS) is 26.7. The number of rotatable bonds is 4. The Morgan fingerprint density at radius 2 is 2.09 bits per heavy atom. The van der Waals surface area contributed by atoms with Gasteiger partial charge in [0.2, 0.25) is 11.8 Å². The van der Waals surface area contributed by atoms with Crippen molar-refractivity contribution in [3.8, 4) is 0 Å². The molecule has 124 valence electrons. The third-order valence-corrected chi connectivity index (χ3v) is 5.73. The van der Waals surface area contributed by atoms with Crippen LogP contribution in [0.4, 0.5) is 0 Å². The van der Waals surface area contributed by atoms with Crippen molar-refractivity contribution >= 4 is 23.6 Å². The topological polar surface area (TPSA) is 49.4 Å². The first-order chi connectivity index (χ1) is 10.5. The molecule has 2 atom stereocenters. The van der Waals surface area contributed by atoms with Gasteiger partial charge in [-0.3, -0.25) is 9.59 Å². The SMILES string of the molecule is CC[C@@H](C)NC(=O)[C@@H]1CSCN1C(=O)C=C1CCC(C)CC1. The molecule has 1 saturated carbocycles. The first-order valence-corrected chi connectivity index (χ1v) is 9.54. The third-order valence-electron chi connectivity index (χ3n) is 4.71. The van der Waals surface area contributed by atoms with Crippen LogP contribution in [0.5, 0.6) is 0 Å². The quantitative estimate of drug-likeness (QED) is 0.809. The lowest BCUT2D eigenvalue weighted by Crippen LogP contribution is -2.49. The fourth-order valence-electron chi connectivity index (χ4n) is 2.85. The molecule has 0 spiro atoms. The molecule has 5 heteroatoms. The van der Waals surface area contributed by atoms with Crippen LogP contribution in [0.15, 0.2) is 11.6 Å². The number of carbonyl (C=O) groups is 2. The van der Waals surface area contributed by atoms with Crippen LogP contribution in [0, 0.1) is 5.92 Å². The number of hydrogen-bond donors (Lipinski definition) is 1. The molecule has 0 aromatic rings. The first kappa shape index (κ1) is 17.4. The van der Waals surface area contributed by atoms with E-state index >= 15 is 0 Å². The highest BCUT2D eigenvalue weighted by Crippen LogP contribution is 2.28. The van der Waals surface area contributed by atoms with Crippen molar-refractivity contribution in [2.45, 2.75) is 65.0 Å². The summed E-state index contributed by atoms with van der Waals surface area (Å²) in [6.45, 7) is 6.31. The van der Waals surface area contributed by atoms with E-state index in [0.717, 1.165) is 25.2 Å². The lowest BCUT2D eigenvalue weighted by Gasteiger charge is -2.25. The molecule has 0 unspecified atom stereocenters. The molecular weight excluding hydrogens is 296 g/mol. The Labute approximate surface area is 138 Å². The van der Waals surface area contributed by atoms with Crippen LogP contribution < -0.4 is 5.32 Å². The van der Waals surface area contributed by atoms with E-state index in [0.29, 0.717) is 11.6 Å². The van der Waals surface area contributed by atoms with Gasteiger partial charge in [0.05, 0.1) is 5.88 Å². The zero-order valence-corrected chi connectivity index (χ0v) is 14.7. The zero-order valence-electron chi connectivity index (χ0n) is 13.9. The predicted octanol–water partition coefficient (Wildman–Crippen LogP) is 2.94. The minimum atomic E-state index is -0.314. The molecule has 2 fully saturated rings. The number of nitrogens with zero attached hydrogens (tertiary/aromatic N) is 1. The Balaban J connectivity index is 1.96. The van der Waals surface area contributed by atoms with Crippen LogP contribution in [0.1, 0.15) is 52.9 Å². The summed E-state index contributed by atoms with van der Waals surface area (Å²) < 4.78 is 0. The summed E-state index contributed by atoms with van der Waals surface area (Å²) >= 11 is 1.66. The number of carbonyl (C=O) groups excluding carboxylic acids is 2. The molecular formula is C17H28N2O2S. The Kier molecular flexibility index (Phi) is 6.36. The van der Waals surface area contributed by atoms with Crippen molar-refractivity contribution in [3.05, 3.63) is 11.6 Å². The van der Waals surface area contributed by atoms with Gasteiger partial charge in [-0.1, -0.05) is 19.4 Å². The van der Waals surface area contributed by atoms with E-state index in [-0.39, 0.29) is 23.9 Å². The molecule has 1 heterocycles. The Bertz CT molecular complexity index is 440. The number of hydrogen-bond acceptors (Lipinski definition) is 3. The molecule has 2 amide bonds. The number of allylic oxidation sites excluding steroid dienone is 1. The van der Waals surface area contributed by atoms with Gasteiger partial charge >= 0.3 is 0 Å². The van der Waals surface area contributed by atoms with Crippen molar-refractivity contribution in [1.29, 1.82) is 0 Å². The molecule has 0 radical (unpaired) electrons. The molecule has 2 aliphatic rings. The van der Waals surface area contributed by atoms with E-state index in [1.807, 2.05) is 13.8 Å². The summed E-state index contributed by atoms with van der Waals surface area (Å²) in [4.78, 5) is 26.6. The predicted molar refractivity (Wildman–Crippen MR) is 91.6 cm³/mol. The zero-order chi connectivity index (χ0) is 16.1. The first-order valence-electron chi connectivity index (χ1n) is 8.39. The average Bonchev–Trinajstić information content (AvgIpc) is 2.99. The second kappa shape index (κ2) is 8.04. The summed E-state index contributed by atoms with van der Waals surface area (Å²) in [6.07, 6.45) is 7.09. The summed E-state index contributed by atoms with van der Waals surface area (Å²) in [6, 6.07) is -0.154. The van der Waals surface area contributed by atoms with Crippen molar-refractivity contribution in [2.24, 2.45) is 5.92 Å². The van der Waals surface area contributed by atoms with Crippen molar-refractivity contribution in [3.63, 3.8) is 0 Å². The monoisotopic (exact) mass is 324 g/mol. The van der Waals surface area contributed by atoms with Crippen LogP contribution in [0.25, 0.3) is 0 Å². The molecule has 1 saturated heterocycles. The molecule has 0 aromatic carbocycles. The van der Waals surface area contributed by atoms with Gasteiger partial charge in [-0.15, -0.1) is 11.8 Å². The van der Waals surface area contributed by atoms with Crippen molar-refractivity contribution < 1.29 is 9.59 Å². The maximum Gasteiger partial charge on any atom is 0.247 e. The van der Waals surface area contributed by atoms with Gasteiger partial charge in [-0.05, 0) is 44.9 Å². The molecule has 1 aliphatic heterocycles. The van der Waals surface area contributed by atoms with Crippen LogP contribution in [0.3, 0.4) is 0 Å². The van der Waals surface area contributed by atoms with Gasteiger partial charge in [0.1, 0.15) is 6.04 Å². The van der Waals surface area contributed by atoms with Gasteiger partial charge in [0.25, 0.3) is 0 Å². The van der Waals surface area contributed by atoms with E-state index in [1.54, 1.807) is 22.7 Å². The fourth-order valence-corrected chi connectivity index (χ4v) is 4.02. The highest BCUT2D eigenvalue weighted by atomic mass is 32.2. The van der Waals surface area contributed by atoms with Gasteiger partial charge < -0.3 is 10.2 Å². The van der Waals surface area contributed by atoms with Gasteiger partial charge in [0.15, 0.2) is 0 Å². The Hall–Kier alpha value is -0.970. The molecule has 0 bridgehead atoms. The fraction of sp³-hybridized carbons (Fsp3) is 0.765. The number of thioether (sulfide) groups is 1. The van der Waals surface area contributed by atoms with Crippen LogP contribution >= 0.6 is 11.8 Å². The molecule has 1 N–H and O–H groups in total. The van der Waals surface area contributed by atoms with E-state index < -0.39 is 0 Å². The Morgan fingerprint density at radius 3 is 2.73 bits per heavy atom. The molecule has 2 rings (SSSR count). The molecule has 22 heavy (non-hydrogen) atoms. The van der Waals surface area contributed by atoms with Crippen molar-refractivity contribution in [1.82, 2.24) is 10.2 Å². The van der Waals surface area contributed by atoms with Crippen molar-refractivity contribution in [2.75, 3.05) is 11.6 Å². The second-order valence-electron chi connectivity index (χ2n) is 6.63.